The fourth-order valence-corrected chi connectivity index (χ4v) is 5.11. The Balaban J connectivity index is 1.82. The maximum atomic E-state index is 11.5. The van der Waals surface area contributed by atoms with Gasteiger partial charge in [0, 0.05) is 21.9 Å². The van der Waals surface area contributed by atoms with Crippen LogP contribution in [0.25, 0.3) is 0 Å². The predicted molar refractivity (Wildman–Crippen MR) is 79.3 cm³/mol. The van der Waals surface area contributed by atoms with Crippen molar-refractivity contribution in [2.75, 3.05) is 0 Å². The highest BCUT2D eigenvalue weighted by Crippen LogP contribution is 2.41. The lowest BCUT2D eigenvalue weighted by atomic mass is 9.85. The molecule has 2 heterocycles. The van der Waals surface area contributed by atoms with Crippen LogP contribution < -0.4 is 0 Å². The van der Waals surface area contributed by atoms with Gasteiger partial charge in [0.05, 0.1) is 0 Å². The monoisotopic (exact) mass is 343 g/mol. The SMILES string of the molecule is O=C(O)[C@@H]1C[C@H]2CCCC[C@H]2N1Cc1sccc1Br. The minimum absolute atomic E-state index is 0.290. The van der Waals surface area contributed by atoms with Crippen LogP contribution in [0, 0.1) is 5.92 Å². The lowest BCUT2D eigenvalue weighted by Gasteiger charge is -2.32. The Kier molecular flexibility index (Phi) is 3.96. The first kappa shape index (κ1) is 13.6. The van der Waals surface area contributed by atoms with Crippen molar-refractivity contribution in [2.45, 2.75) is 50.7 Å². The van der Waals surface area contributed by atoms with Crippen LogP contribution in [-0.2, 0) is 11.3 Å². The van der Waals surface area contributed by atoms with E-state index in [1.807, 2.05) is 6.07 Å². The molecule has 3 rings (SSSR count). The van der Waals surface area contributed by atoms with Gasteiger partial charge in [-0.1, -0.05) is 12.8 Å². The molecular formula is C14H18BrNO2S. The second kappa shape index (κ2) is 5.54. The molecule has 1 saturated carbocycles. The summed E-state index contributed by atoms with van der Waals surface area (Å²) < 4.78 is 1.11. The standard InChI is InChI=1S/C14H18BrNO2S/c15-10-5-6-19-13(10)8-16-11-4-2-1-3-9(11)7-12(16)14(17)18/h5-6,9,11-12H,1-4,7-8H2,(H,17,18)/t9-,11-,12+/m1/s1. The lowest BCUT2D eigenvalue weighted by molar-refractivity contribution is -0.142. The van der Waals surface area contributed by atoms with Gasteiger partial charge >= 0.3 is 5.97 Å². The van der Waals surface area contributed by atoms with Crippen molar-refractivity contribution in [3.8, 4) is 0 Å². The number of hydrogen-bond donors (Lipinski definition) is 1. The topological polar surface area (TPSA) is 40.5 Å². The van der Waals surface area contributed by atoms with E-state index in [0.717, 1.165) is 23.9 Å². The first-order valence-electron chi connectivity index (χ1n) is 6.87. The molecule has 0 spiro atoms. The highest BCUT2D eigenvalue weighted by Gasteiger charge is 2.45. The summed E-state index contributed by atoms with van der Waals surface area (Å²) in [6, 6.07) is 2.23. The molecule has 104 valence electrons. The quantitative estimate of drug-likeness (QED) is 0.908. The van der Waals surface area contributed by atoms with E-state index in [1.54, 1.807) is 11.3 Å². The molecule has 0 unspecified atom stereocenters. The molecule has 3 nitrogen and oxygen atoms in total. The van der Waals surface area contributed by atoms with Crippen molar-refractivity contribution in [3.05, 3.63) is 20.8 Å². The highest BCUT2D eigenvalue weighted by molar-refractivity contribution is 9.10. The maximum Gasteiger partial charge on any atom is 0.320 e. The van der Waals surface area contributed by atoms with Crippen LogP contribution in [0.4, 0.5) is 0 Å². The number of carboxylic acid groups (broad SMARTS) is 1. The fraction of sp³-hybridized carbons (Fsp3) is 0.643. The van der Waals surface area contributed by atoms with Crippen LogP contribution in [0.3, 0.4) is 0 Å². The van der Waals surface area contributed by atoms with E-state index in [0.29, 0.717) is 12.0 Å². The zero-order valence-electron chi connectivity index (χ0n) is 10.7. The smallest absolute Gasteiger partial charge is 0.320 e. The van der Waals surface area contributed by atoms with E-state index in [-0.39, 0.29) is 6.04 Å². The van der Waals surface area contributed by atoms with E-state index >= 15 is 0 Å². The molecular weight excluding hydrogens is 326 g/mol. The molecule has 1 aromatic rings. The molecule has 1 aliphatic heterocycles. The van der Waals surface area contributed by atoms with Gasteiger partial charge in [0.1, 0.15) is 6.04 Å². The number of likely N-dealkylation sites (tertiary alicyclic amines) is 1. The van der Waals surface area contributed by atoms with Crippen LogP contribution in [-0.4, -0.2) is 28.1 Å². The average molecular weight is 344 g/mol. The van der Waals surface area contributed by atoms with Crippen LogP contribution in [0.5, 0.6) is 0 Å². The van der Waals surface area contributed by atoms with Crippen molar-refractivity contribution in [1.82, 2.24) is 4.90 Å². The summed E-state index contributed by atoms with van der Waals surface area (Å²) in [7, 11) is 0. The van der Waals surface area contributed by atoms with Gasteiger partial charge in [0.2, 0.25) is 0 Å². The zero-order valence-corrected chi connectivity index (χ0v) is 13.1. The molecule has 0 amide bonds. The van der Waals surface area contributed by atoms with Gasteiger partial charge in [-0.3, -0.25) is 9.69 Å². The van der Waals surface area contributed by atoms with Crippen LogP contribution in [0.1, 0.15) is 37.0 Å². The van der Waals surface area contributed by atoms with Crippen LogP contribution in [0.15, 0.2) is 15.9 Å². The lowest BCUT2D eigenvalue weighted by Crippen LogP contribution is -2.41. The molecule has 1 saturated heterocycles. The molecule has 2 fully saturated rings. The fourth-order valence-electron chi connectivity index (χ4n) is 3.63. The summed E-state index contributed by atoms with van der Waals surface area (Å²) in [5.74, 6) is -0.0596. The second-order valence-corrected chi connectivity index (χ2v) is 7.42. The predicted octanol–water partition coefficient (Wildman–Crippen LogP) is 3.73. The van der Waals surface area contributed by atoms with Crippen molar-refractivity contribution >= 4 is 33.2 Å². The first-order valence-corrected chi connectivity index (χ1v) is 8.54. The largest absolute Gasteiger partial charge is 0.480 e. The third-order valence-electron chi connectivity index (χ3n) is 4.52. The van der Waals surface area contributed by atoms with Gasteiger partial charge in [-0.15, -0.1) is 11.3 Å². The van der Waals surface area contributed by atoms with E-state index < -0.39 is 5.97 Å². The number of hydrogen-bond acceptors (Lipinski definition) is 3. The van der Waals surface area contributed by atoms with Crippen molar-refractivity contribution < 1.29 is 9.90 Å². The van der Waals surface area contributed by atoms with Crippen LogP contribution >= 0.6 is 27.3 Å². The van der Waals surface area contributed by atoms with E-state index in [4.69, 9.17) is 0 Å². The molecule has 0 bridgehead atoms. The highest BCUT2D eigenvalue weighted by atomic mass is 79.9. The van der Waals surface area contributed by atoms with E-state index in [2.05, 4.69) is 26.2 Å². The Bertz CT molecular complexity index is 476. The van der Waals surface area contributed by atoms with E-state index in [9.17, 15) is 9.90 Å². The summed E-state index contributed by atoms with van der Waals surface area (Å²) >= 11 is 5.26. The number of carboxylic acids is 1. The third kappa shape index (κ3) is 2.60. The number of thiophene rings is 1. The number of aliphatic carboxylic acids is 1. The zero-order chi connectivity index (χ0) is 13.4. The number of nitrogens with zero attached hydrogens (tertiary/aromatic N) is 1. The molecule has 2 aliphatic rings. The molecule has 1 aliphatic carbocycles. The summed E-state index contributed by atoms with van der Waals surface area (Å²) in [6.07, 6.45) is 5.72. The van der Waals surface area contributed by atoms with Gasteiger partial charge in [0.15, 0.2) is 0 Å². The normalized spacial score (nSPS) is 31.3. The Labute approximate surface area is 125 Å². The average Bonchev–Trinajstić information content (AvgIpc) is 2.95. The number of rotatable bonds is 3. The number of fused-ring (bicyclic) bond motifs is 1. The second-order valence-electron chi connectivity index (χ2n) is 5.57. The van der Waals surface area contributed by atoms with Crippen molar-refractivity contribution in [1.29, 1.82) is 0 Å². The Hall–Kier alpha value is -0.390. The summed E-state index contributed by atoms with van der Waals surface area (Å²) in [4.78, 5) is 15.0. The van der Waals surface area contributed by atoms with Crippen molar-refractivity contribution in [2.24, 2.45) is 5.92 Å². The molecule has 19 heavy (non-hydrogen) atoms. The minimum atomic E-state index is -0.651. The maximum absolute atomic E-state index is 11.5. The molecule has 0 aromatic carbocycles. The van der Waals surface area contributed by atoms with Gasteiger partial charge in [-0.25, -0.2) is 0 Å². The van der Waals surface area contributed by atoms with Crippen molar-refractivity contribution in [3.63, 3.8) is 0 Å². The Morgan fingerprint density at radius 2 is 2.26 bits per heavy atom. The molecule has 5 heteroatoms. The molecule has 0 radical (unpaired) electrons. The van der Waals surface area contributed by atoms with Gasteiger partial charge < -0.3 is 5.11 Å². The number of carbonyl (C=O) groups is 1. The molecule has 3 atom stereocenters. The Morgan fingerprint density at radius 3 is 2.95 bits per heavy atom. The van der Waals surface area contributed by atoms with Gasteiger partial charge in [-0.05, 0) is 52.6 Å². The van der Waals surface area contributed by atoms with Crippen LogP contribution in [0.2, 0.25) is 0 Å². The Morgan fingerprint density at radius 1 is 1.47 bits per heavy atom. The molecule has 1 aromatic heterocycles. The summed E-state index contributed by atoms with van der Waals surface area (Å²) in [5.41, 5.74) is 0. The summed E-state index contributed by atoms with van der Waals surface area (Å²) in [5, 5.41) is 11.5. The number of halogens is 1. The summed E-state index contributed by atoms with van der Waals surface area (Å²) in [6.45, 7) is 0.774. The molecule has 1 N–H and O–H groups in total. The van der Waals surface area contributed by atoms with Gasteiger partial charge in [0.25, 0.3) is 0 Å². The minimum Gasteiger partial charge on any atom is -0.480 e. The van der Waals surface area contributed by atoms with E-state index in [1.165, 1.54) is 24.1 Å². The first-order chi connectivity index (χ1) is 9.16. The third-order valence-corrected chi connectivity index (χ3v) is 6.43. The van der Waals surface area contributed by atoms with Gasteiger partial charge in [-0.2, -0.15) is 0 Å².